The second kappa shape index (κ2) is 6.38. The van der Waals surface area contributed by atoms with Crippen molar-refractivity contribution in [1.29, 1.82) is 0 Å². The summed E-state index contributed by atoms with van der Waals surface area (Å²) in [6.07, 6.45) is 2.74. The topological polar surface area (TPSA) is 88.3 Å². The van der Waals surface area contributed by atoms with Gasteiger partial charge < -0.3 is 5.73 Å². The number of thiazole rings is 1. The molecule has 1 aliphatic heterocycles. The average Bonchev–Trinajstić information content (AvgIpc) is 2.86. The highest BCUT2D eigenvalue weighted by Crippen LogP contribution is 2.25. The van der Waals surface area contributed by atoms with E-state index < -0.39 is 10.2 Å². The van der Waals surface area contributed by atoms with Crippen LogP contribution < -0.4 is 10.5 Å². The van der Waals surface area contributed by atoms with Crippen LogP contribution in [0.15, 0.2) is 5.38 Å². The molecule has 3 N–H and O–H groups in total. The Morgan fingerprint density at radius 1 is 1.55 bits per heavy atom. The molecule has 0 spiro atoms. The van der Waals surface area contributed by atoms with Crippen molar-refractivity contribution in [2.24, 2.45) is 5.73 Å². The van der Waals surface area contributed by atoms with E-state index in [2.05, 4.69) is 9.71 Å². The first kappa shape index (κ1) is 15.7. The van der Waals surface area contributed by atoms with Crippen molar-refractivity contribution >= 4 is 26.7 Å². The number of nitrogens with zero attached hydrogens (tertiary/aromatic N) is 2. The van der Waals surface area contributed by atoms with Crippen LogP contribution in [0.5, 0.6) is 0 Å². The number of nitrogens with two attached hydrogens (primary N) is 1. The summed E-state index contributed by atoms with van der Waals surface area (Å²) in [6.45, 7) is 4.94. The zero-order valence-corrected chi connectivity index (χ0v) is 13.5. The van der Waals surface area contributed by atoms with Gasteiger partial charge in [-0.1, -0.05) is 20.3 Å². The highest BCUT2D eigenvalue weighted by molar-refractivity contribution is 7.90. The molecule has 0 bridgehead atoms. The largest absolute Gasteiger partial charge is 0.329 e. The summed E-state index contributed by atoms with van der Waals surface area (Å²) >= 11 is 1.32. The van der Waals surface area contributed by atoms with Crippen LogP contribution in [-0.2, 0) is 10.2 Å². The van der Waals surface area contributed by atoms with E-state index in [1.807, 2.05) is 19.2 Å². The van der Waals surface area contributed by atoms with Crippen LogP contribution in [0.4, 0.5) is 5.13 Å². The second-order valence-corrected chi connectivity index (χ2v) is 7.82. The third kappa shape index (κ3) is 3.49. The van der Waals surface area contributed by atoms with Crippen LogP contribution in [0, 0.1) is 0 Å². The molecule has 1 atom stereocenters. The van der Waals surface area contributed by atoms with E-state index in [9.17, 15) is 8.42 Å². The molecule has 1 fully saturated rings. The van der Waals surface area contributed by atoms with Gasteiger partial charge in [0, 0.05) is 24.5 Å². The lowest BCUT2D eigenvalue weighted by molar-refractivity contribution is 0.259. The minimum Gasteiger partial charge on any atom is -0.329 e. The molecule has 8 heteroatoms. The summed E-state index contributed by atoms with van der Waals surface area (Å²) in [5, 5.41) is 2.31. The standard InChI is InChI=1S/C12H22N4O2S2/c1-9(2)11-8-19-12(14-11)15-20(17,18)16-6-4-3-5-10(16)7-13/h8-10H,3-7,13H2,1-2H3,(H,14,15). The Kier molecular flexibility index (Phi) is 5.00. The Bertz CT molecular complexity index is 541. The molecule has 1 saturated heterocycles. The van der Waals surface area contributed by atoms with E-state index in [1.165, 1.54) is 15.6 Å². The monoisotopic (exact) mass is 318 g/mol. The number of rotatable bonds is 5. The summed E-state index contributed by atoms with van der Waals surface area (Å²) < 4.78 is 28.9. The van der Waals surface area contributed by atoms with Gasteiger partial charge >= 0.3 is 10.2 Å². The van der Waals surface area contributed by atoms with Gasteiger partial charge in [0.2, 0.25) is 0 Å². The maximum atomic E-state index is 12.4. The molecule has 20 heavy (non-hydrogen) atoms. The Labute approximate surface area is 124 Å². The third-order valence-corrected chi connectivity index (χ3v) is 5.94. The Balaban J connectivity index is 2.13. The highest BCUT2D eigenvalue weighted by Gasteiger charge is 2.32. The summed E-state index contributed by atoms with van der Waals surface area (Å²) in [5.41, 5.74) is 6.59. The second-order valence-electron chi connectivity index (χ2n) is 5.34. The molecule has 0 saturated carbocycles. The lowest BCUT2D eigenvalue weighted by atomic mass is 10.1. The van der Waals surface area contributed by atoms with Crippen molar-refractivity contribution in [2.75, 3.05) is 17.8 Å². The number of nitrogens with one attached hydrogen (secondary N) is 1. The minimum absolute atomic E-state index is 0.106. The van der Waals surface area contributed by atoms with E-state index in [1.54, 1.807) is 0 Å². The van der Waals surface area contributed by atoms with Gasteiger partial charge in [0.1, 0.15) is 0 Å². The highest BCUT2D eigenvalue weighted by atomic mass is 32.2. The van der Waals surface area contributed by atoms with Crippen molar-refractivity contribution in [3.05, 3.63) is 11.1 Å². The van der Waals surface area contributed by atoms with E-state index in [4.69, 9.17) is 5.73 Å². The summed E-state index contributed by atoms with van der Waals surface area (Å²) in [5.74, 6) is 0.288. The van der Waals surface area contributed by atoms with Gasteiger partial charge in [-0.3, -0.25) is 0 Å². The first-order valence-electron chi connectivity index (χ1n) is 6.89. The molecule has 1 unspecified atom stereocenters. The predicted molar refractivity (Wildman–Crippen MR) is 82.1 cm³/mol. The maximum absolute atomic E-state index is 12.4. The van der Waals surface area contributed by atoms with Crippen molar-refractivity contribution in [3.8, 4) is 0 Å². The fourth-order valence-corrected chi connectivity index (χ4v) is 4.85. The normalized spacial score (nSPS) is 21.3. The average molecular weight is 318 g/mol. The van der Waals surface area contributed by atoms with Crippen molar-refractivity contribution < 1.29 is 8.42 Å². The molecule has 114 valence electrons. The van der Waals surface area contributed by atoms with Crippen LogP contribution in [0.2, 0.25) is 0 Å². The van der Waals surface area contributed by atoms with Crippen LogP contribution in [-0.4, -0.2) is 36.8 Å². The van der Waals surface area contributed by atoms with Crippen LogP contribution in [0.25, 0.3) is 0 Å². The zero-order chi connectivity index (χ0) is 14.8. The molecular formula is C12H22N4O2S2. The SMILES string of the molecule is CC(C)c1csc(NS(=O)(=O)N2CCCCC2CN)n1. The van der Waals surface area contributed by atoms with E-state index in [0.29, 0.717) is 18.2 Å². The van der Waals surface area contributed by atoms with Crippen LogP contribution >= 0.6 is 11.3 Å². The van der Waals surface area contributed by atoms with E-state index >= 15 is 0 Å². The number of hydrogen-bond donors (Lipinski definition) is 2. The molecule has 0 amide bonds. The molecular weight excluding hydrogens is 296 g/mol. The van der Waals surface area contributed by atoms with Gasteiger partial charge in [-0.15, -0.1) is 11.3 Å². The molecule has 2 rings (SSSR count). The Hall–Kier alpha value is -0.700. The minimum atomic E-state index is -3.56. The number of hydrogen-bond acceptors (Lipinski definition) is 5. The molecule has 6 nitrogen and oxygen atoms in total. The predicted octanol–water partition coefficient (Wildman–Crippen LogP) is 1.74. The molecule has 2 heterocycles. The van der Waals surface area contributed by atoms with Gasteiger partial charge in [-0.05, 0) is 18.8 Å². The third-order valence-electron chi connectivity index (χ3n) is 3.48. The van der Waals surface area contributed by atoms with Gasteiger partial charge in [0.05, 0.1) is 5.69 Å². The molecule has 1 aliphatic rings. The fourth-order valence-electron chi connectivity index (χ4n) is 2.29. The van der Waals surface area contributed by atoms with Crippen LogP contribution in [0.1, 0.15) is 44.7 Å². The molecule has 1 aromatic rings. The fraction of sp³-hybridized carbons (Fsp3) is 0.750. The summed E-state index contributed by atoms with van der Waals surface area (Å²) in [7, 11) is -3.56. The first-order valence-corrected chi connectivity index (χ1v) is 9.21. The Morgan fingerprint density at radius 2 is 2.30 bits per heavy atom. The molecule has 0 aliphatic carbocycles. The maximum Gasteiger partial charge on any atom is 0.303 e. The number of piperidine rings is 1. The summed E-state index contributed by atoms with van der Waals surface area (Å²) in [4.78, 5) is 4.31. The van der Waals surface area contributed by atoms with Crippen molar-refractivity contribution in [1.82, 2.24) is 9.29 Å². The van der Waals surface area contributed by atoms with Gasteiger partial charge in [-0.25, -0.2) is 9.71 Å². The quantitative estimate of drug-likeness (QED) is 0.865. The van der Waals surface area contributed by atoms with Gasteiger partial charge in [-0.2, -0.15) is 12.7 Å². The summed E-state index contributed by atoms with van der Waals surface area (Å²) in [6, 6.07) is -0.106. The molecule has 0 radical (unpaired) electrons. The van der Waals surface area contributed by atoms with Gasteiger partial charge in [0.15, 0.2) is 5.13 Å². The van der Waals surface area contributed by atoms with Crippen molar-refractivity contribution in [3.63, 3.8) is 0 Å². The molecule has 1 aromatic heterocycles. The van der Waals surface area contributed by atoms with Crippen LogP contribution in [0.3, 0.4) is 0 Å². The number of anilines is 1. The number of aromatic nitrogens is 1. The molecule has 0 aromatic carbocycles. The first-order chi connectivity index (χ1) is 9.44. The van der Waals surface area contributed by atoms with E-state index in [0.717, 1.165) is 25.0 Å². The smallest absolute Gasteiger partial charge is 0.303 e. The zero-order valence-electron chi connectivity index (χ0n) is 11.9. The lowest BCUT2D eigenvalue weighted by Gasteiger charge is -2.33. The van der Waals surface area contributed by atoms with Crippen molar-refractivity contribution in [2.45, 2.75) is 45.1 Å². The Morgan fingerprint density at radius 3 is 2.90 bits per heavy atom. The lowest BCUT2D eigenvalue weighted by Crippen LogP contribution is -2.49. The van der Waals surface area contributed by atoms with E-state index in [-0.39, 0.29) is 12.0 Å². The van der Waals surface area contributed by atoms with Gasteiger partial charge in [0.25, 0.3) is 0 Å².